The summed E-state index contributed by atoms with van der Waals surface area (Å²) in [7, 11) is -3.27. The van der Waals surface area contributed by atoms with Crippen LogP contribution >= 0.6 is 11.3 Å². The van der Waals surface area contributed by atoms with Crippen LogP contribution in [0.25, 0.3) is 10.2 Å². The zero-order chi connectivity index (χ0) is 25.1. The molecule has 6 nitrogen and oxygen atoms in total. The van der Waals surface area contributed by atoms with Gasteiger partial charge in [0.1, 0.15) is 5.01 Å². The molecule has 8 heteroatoms. The van der Waals surface area contributed by atoms with Crippen molar-refractivity contribution in [2.45, 2.75) is 17.4 Å². The van der Waals surface area contributed by atoms with Gasteiger partial charge in [-0.15, -0.1) is 11.3 Å². The van der Waals surface area contributed by atoms with Gasteiger partial charge in [0.25, 0.3) is 0 Å². The van der Waals surface area contributed by atoms with Crippen molar-refractivity contribution in [3.8, 4) is 0 Å². The SMILES string of the molecule is CS(=O)(=O)c1ccc2nc(CC(=O)CN3CCN(C(c4ccccc4)c4ccccc4)CC3)sc2c1. The van der Waals surface area contributed by atoms with Crippen LogP contribution in [0, 0.1) is 0 Å². The van der Waals surface area contributed by atoms with E-state index < -0.39 is 9.84 Å². The fourth-order valence-electron chi connectivity index (χ4n) is 4.80. The Balaban J connectivity index is 1.21. The molecule has 0 aliphatic carbocycles. The highest BCUT2D eigenvalue weighted by Gasteiger charge is 2.27. The first kappa shape index (κ1) is 24.8. The van der Waals surface area contributed by atoms with E-state index in [1.807, 2.05) is 12.1 Å². The van der Waals surface area contributed by atoms with Crippen LogP contribution in [-0.4, -0.2) is 68.0 Å². The van der Waals surface area contributed by atoms with E-state index in [-0.39, 0.29) is 23.1 Å². The maximum Gasteiger partial charge on any atom is 0.175 e. The zero-order valence-corrected chi connectivity index (χ0v) is 21.8. The molecular weight excluding hydrogens is 490 g/mol. The molecule has 4 aromatic rings. The van der Waals surface area contributed by atoms with Crippen LogP contribution in [0.1, 0.15) is 22.2 Å². The van der Waals surface area contributed by atoms with Gasteiger partial charge in [0, 0.05) is 32.4 Å². The number of thiazole rings is 1. The monoisotopic (exact) mass is 519 g/mol. The Labute approximate surface area is 216 Å². The predicted octanol–water partition coefficient (Wildman–Crippen LogP) is 4.22. The number of fused-ring (bicyclic) bond motifs is 1. The smallest absolute Gasteiger partial charge is 0.175 e. The summed E-state index contributed by atoms with van der Waals surface area (Å²) >= 11 is 1.39. The summed E-state index contributed by atoms with van der Waals surface area (Å²) < 4.78 is 24.5. The third kappa shape index (κ3) is 5.73. The van der Waals surface area contributed by atoms with Gasteiger partial charge in [-0.05, 0) is 29.3 Å². The molecule has 0 saturated carbocycles. The van der Waals surface area contributed by atoms with E-state index >= 15 is 0 Å². The summed E-state index contributed by atoms with van der Waals surface area (Å²) in [5, 5.41) is 0.729. The first-order valence-electron chi connectivity index (χ1n) is 12.0. The summed E-state index contributed by atoms with van der Waals surface area (Å²) in [4.78, 5) is 22.4. The lowest BCUT2D eigenvalue weighted by Crippen LogP contribution is -2.49. The second-order valence-electron chi connectivity index (χ2n) is 9.26. The van der Waals surface area contributed by atoms with E-state index in [1.165, 1.54) is 28.7 Å². The molecule has 0 atom stereocenters. The van der Waals surface area contributed by atoms with Crippen molar-refractivity contribution in [3.05, 3.63) is 95.0 Å². The molecule has 0 radical (unpaired) electrons. The fourth-order valence-corrected chi connectivity index (χ4v) is 6.55. The normalized spacial score (nSPS) is 15.5. The lowest BCUT2D eigenvalue weighted by atomic mass is 9.96. The minimum Gasteiger partial charge on any atom is -0.298 e. The average molecular weight is 520 g/mol. The Morgan fingerprint density at radius 1 is 0.917 bits per heavy atom. The minimum absolute atomic E-state index is 0.133. The molecule has 0 bridgehead atoms. The number of aromatic nitrogens is 1. The van der Waals surface area contributed by atoms with Gasteiger partial charge in [0.15, 0.2) is 15.6 Å². The number of sulfone groups is 1. The van der Waals surface area contributed by atoms with Gasteiger partial charge in [-0.3, -0.25) is 14.6 Å². The number of nitrogens with zero attached hydrogens (tertiary/aromatic N) is 3. The number of carbonyl (C=O) groups excluding carboxylic acids is 1. The van der Waals surface area contributed by atoms with Crippen molar-refractivity contribution in [1.29, 1.82) is 0 Å². The second-order valence-corrected chi connectivity index (χ2v) is 12.4. The highest BCUT2D eigenvalue weighted by molar-refractivity contribution is 7.90. The first-order chi connectivity index (χ1) is 17.4. The molecule has 0 N–H and O–H groups in total. The quantitative estimate of drug-likeness (QED) is 0.347. The summed E-state index contributed by atoms with van der Waals surface area (Å²) in [6.07, 6.45) is 1.46. The number of hydrogen-bond donors (Lipinski definition) is 0. The summed E-state index contributed by atoms with van der Waals surface area (Å²) in [5.41, 5.74) is 3.29. The van der Waals surface area contributed by atoms with Crippen molar-refractivity contribution < 1.29 is 13.2 Å². The fraction of sp³-hybridized carbons (Fsp3) is 0.286. The molecule has 1 fully saturated rings. The van der Waals surface area contributed by atoms with Crippen LogP contribution in [0.4, 0.5) is 0 Å². The van der Waals surface area contributed by atoms with Crippen LogP contribution in [0.15, 0.2) is 83.8 Å². The molecular formula is C28H29N3O3S2. The van der Waals surface area contributed by atoms with Crippen LogP contribution in [0.5, 0.6) is 0 Å². The third-order valence-corrected chi connectivity index (χ3v) is 8.71. The van der Waals surface area contributed by atoms with Crippen molar-refractivity contribution in [3.63, 3.8) is 0 Å². The maximum atomic E-state index is 12.9. The highest BCUT2D eigenvalue weighted by Crippen LogP contribution is 2.30. The number of piperazine rings is 1. The minimum atomic E-state index is -3.27. The molecule has 0 unspecified atom stereocenters. The van der Waals surface area contributed by atoms with Crippen LogP contribution in [-0.2, 0) is 21.1 Å². The average Bonchev–Trinajstić information content (AvgIpc) is 3.27. The van der Waals surface area contributed by atoms with E-state index in [0.717, 1.165) is 41.4 Å². The van der Waals surface area contributed by atoms with Crippen LogP contribution < -0.4 is 0 Å². The summed E-state index contributed by atoms with van der Waals surface area (Å²) in [6, 6.07) is 26.3. The molecule has 1 aliphatic rings. The van der Waals surface area contributed by atoms with E-state index in [2.05, 4.69) is 63.3 Å². The molecule has 1 aliphatic heterocycles. The van der Waals surface area contributed by atoms with E-state index in [1.54, 1.807) is 18.2 Å². The molecule has 186 valence electrons. The topological polar surface area (TPSA) is 70.6 Å². The van der Waals surface area contributed by atoms with Gasteiger partial charge in [0.05, 0.1) is 34.1 Å². The predicted molar refractivity (Wildman–Crippen MR) is 144 cm³/mol. The summed E-state index contributed by atoms with van der Waals surface area (Å²) in [5.74, 6) is 0.133. The van der Waals surface area contributed by atoms with Crippen molar-refractivity contribution in [2.75, 3.05) is 39.0 Å². The lowest BCUT2D eigenvalue weighted by molar-refractivity contribution is -0.120. The molecule has 1 aromatic heterocycles. The second kappa shape index (κ2) is 10.6. The van der Waals surface area contributed by atoms with Crippen molar-refractivity contribution >= 4 is 37.2 Å². The number of carbonyl (C=O) groups is 1. The number of benzene rings is 3. The van der Waals surface area contributed by atoms with Gasteiger partial charge in [-0.1, -0.05) is 60.7 Å². The lowest BCUT2D eigenvalue weighted by Gasteiger charge is -2.39. The van der Waals surface area contributed by atoms with Crippen LogP contribution in [0.2, 0.25) is 0 Å². The highest BCUT2D eigenvalue weighted by atomic mass is 32.2. The Kier molecular flexibility index (Phi) is 7.29. The first-order valence-corrected chi connectivity index (χ1v) is 14.7. The molecule has 0 amide bonds. The zero-order valence-electron chi connectivity index (χ0n) is 20.2. The van der Waals surface area contributed by atoms with Gasteiger partial charge in [0.2, 0.25) is 0 Å². The molecule has 36 heavy (non-hydrogen) atoms. The Morgan fingerprint density at radius 2 is 1.53 bits per heavy atom. The number of hydrogen-bond acceptors (Lipinski definition) is 7. The van der Waals surface area contributed by atoms with E-state index in [0.29, 0.717) is 6.54 Å². The van der Waals surface area contributed by atoms with Gasteiger partial charge in [-0.2, -0.15) is 0 Å². The largest absolute Gasteiger partial charge is 0.298 e. The van der Waals surface area contributed by atoms with Gasteiger partial charge < -0.3 is 0 Å². The standard InChI is InChI=1S/C28H29N3O3S2/c1-36(33,34)24-12-13-25-26(19-24)35-27(29-25)18-23(32)20-30-14-16-31(17-15-30)28(21-8-4-2-5-9-21)22-10-6-3-7-11-22/h2-13,19,28H,14-18,20H2,1H3. The van der Waals surface area contributed by atoms with Crippen molar-refractivity contribution in [2.24, 2.45) is 0 Å². The molecule has 1 saturated heterocycles. The molecule has 2 heterocycles. The maximum absolute atomic E-state index is 12.9. The van der Waals surface area contributed by atoms with Crippen LogP contribution in [0.3, 0.4) is 0 Å². The molecule has 0 spiro atoms. The number of rotatable bonds is 8. The third-order valence-electron chi connectivity index (χ3n) is 6.58. The van der Waals surface area contributed by atoms with E-state index in [4.69, 9.17) is 0 Å². The Morgan fingerprint density at radius 3 is 2.11 bits per heavy atom. The molecule has 5 rings (SSSR count). The Bertz CT molecular complexity index is 1410. The summed E-state index contributed by atoms with van der Waals surface area (Å²) in [6.45, 7) is 3.84. The molecule has 3 aromatic carbocycles. The van der Waals surface area contributed by atoms with E-state index in [9.17, 15) is 13.2 Å². The van der Waals surface area contributed by atoms with Gasteiger partial charge >= 0.3 is 0 Å². The number of ketones is 1. The number of Topliss-reactive ketones (excluding diaryl/α,β-unsaturated/α-hetero) is 1. The van der Waals surface area contributed by atoms with Crippen molar-refractivity contribution in [1.82, 2.24) is 14.8 Å². The van der Waals surface area contributed by atoms with Gasteiger partial charge in [-0.25, -0.2) is 13.4 Å². The Hall–Kier alpha value is -2.91.